The van der Waals surface area contributed by atoms with Crippen molar-refractivity contribution in [3.63, 3.8) is 0 Å². The van der Waals surface area contributed by atoms with Crippen LogP contribution in [-0.2, 0) is 0 Å². The van der Waals surface area contributed by atoms with E-state index in [1.807, 2.05) is 29.6 Å². The summed E-state index contributed by atoms with van der Waals surface area (Å²) in [7, 11) is 0. The molecule has 0 bridgehead atoms. The molecule has 2 rings (SSSR count). The van der Waals surface area contributed by atoms with Crippen molar-refractivity contribution in [1.82, 2.24) is 9.97 Å². The standard InChI is InChI=1S/C10H12N4S2/c1-6-7(4-11)9(12)14-10(13-6)8-5-15-2-3-16-8/h8H,2-3,5H2,1H3,(H2,12,13,14). The van der Waals surface area contributed by atoms with E-state index in [1.165, 1.54) is 5.75 Å². The minimum atomic E-state index is 0.307. The van der Waals surface area contributed by atoms with Crippen LogP contribution in [0.15, 0.2) is 0 Å². The summed E-state index contributed by atoms with van der Waals surface area (Å²) in [6.07, 6.45) is 0. The zero-order valence-corrected chi connectivity index (χ0v) is 10.6. The molecule has 0 amide bonds. The lowest BCUT2D eigenvalue weighted by Gasteiger charge is -2.20. The molecule has 0 spiro atoms. The van der Waals surface area contributed by atoms with Crippen LogP contribution in [0.2, 0.25) is 0 Å². The van der Waals surface area contributed by atoms with Crippen LogP contribution in [0.5, 0.6) is 0 Å². The van der Waals surface area contributed by atoms with Crippen molar-refractivity contribution in [3.8, 4) is 6.07 Å². The summed E-state index contributed by atoms with van der Waals surface area (Å²) in [5, 5.41) is 9.19. The lowest BCUT2D eigenvalue weighted by atomic mass is 10.2. The lowest BCUT2D eigenvalue weighted by Crippen LogP contribution is -2.13. The van der Waals surface area contributed by atoms with Gasteiger partial charge in [0.05, 0.1) is 10.9 Å². The van der Waals surface area contributed by atoms with E-state index in [2.05, 4.69) is 9.97 Å². The number of hydrogen-bond donors (Lipinski definition) is 1. The Hall–Kier alpha value is -0.930. The largest absolute Gasteiger partial charge is 0.382 e. The summed E-state index contributed by atoms with van der Waals surface area (Å²) < 4.78 is 0. The second-order valence-electron chi connectivity index (χ2n) is 3.47. The third-order valence-corrected chi connectivity index (χ3v) is 5.10. The molecule has 0 radical (unpaired) electrons. The lowest BCUT2D eigenvalue weighted by molar-refractivity contribution is 0.905. The van der Waals surface area contributed by atoms with E-state index in [9.17, 15) is 0 Å². The number of hydrogen-bond acceptors (Lipinski definition) is 6. The van der Waals surface area contributed by atoms with Gasteiger partial charge in [0.25, 0.3) is 0 Å². The third kappa shape index (κ3) is 2.25. The fraction of sp³-hybridized carbons (Fsp3) is 0.500. The summed E-state index contributed by atoms with van der Waals surface area (Å²) >= 11 is 3.78. The SMILES string of the molecule is Cc1nc(C2CSCCS2)nc(N)c1C#N. The van der Waals surface area contributed by atoms with Crippen molar-refractivity contribution in [2.45, 2.75) is 12.2 Å². The second-order valence-corrected chi connectivity index (χ2v) is 5.93. The Balaban J connectivity index is 2.32. The Labute approximate surface area is 103 Å². The highest BCUT2D eigenvalue weighted by molar-refractivity contribution is 8.06. The van der Waals surface area contributed by atoms with Gasteiger partial charge in [-0.05, 0) is 6.92 Å². The Morgan fingerprint density at radius 2 is 2.25 bits per heavy atom. The quantitative estimate of drug-likeness (QED) is 0.820. The van der Waals surface area contributed by atoms with Gasteiger partial charge in [-0.2, -0.15) is 17.0 Å². The number of nitrogens with two attached hydrogens (primary N) is 1. The molecule has 1 aliphatic rings. The fourth-order valence-corrected chi connectivity index (χ4v) is 4.14. The Kier molecular flexibility index (Phi) is 3.56. The first-order valence-corrected chi connectivity index (χ1v) is 7.16. The number of thioether (sulfide) groups is 2. The van der Waals surface area contributed by atoms with Gasteiger partial charge in [0.1, 0.15) is 23.3 Å². The molecule has 1 saturated heterocycles. The van der Waals surface area contributed by atoms with Gasteiger partial charge in [0.2, 0.25) is 0 Å². The molecule has 1 atom stereocenters. The van der Waals surface area contributed by atoms with Gasteiger partial charge in [0.15, 0.2) is 0 Å². The molecule has 84 valence electrons. The molecule has 4 nitrogen and oxygen atoms in total. The van der Waals surface area contributed by atoms with Crippen LogP contribution in [0.3, 0.4) is 0 Å². The van der Waals surface area contributed by atoms with Gasteiger partial charge in [0, 0.05) is 17.3 Å². The Morgan fingerprint density at radius 3 is 2.81 bits per heavy atom. The fourth-order valence-electron chi connectivity index (χ4n) is 1.54. The molecule has 0 aliphatic carbocycles. The van der Waals surface area contributed by atoms with Crippen molar-refractivity contribution in [2.75, 3.05) is 23.0 Å². The first-order chi connectivity index (χ1) is 7.72. The van der Waals surface area contributed by atoms with Gasteiger partial charge < -0.3 is 5.73 Å². The third-order valence-electron chi connectivity index (χ3n) is 2.35. The number of rotatable bonds is 1. The summed E-state index contributed by atoms with van der Waals surface area (Å²) in [5.74, 6) is 4.41. The minimum absolute atomic E-state index is 0.307. The maximum absolute atomic E-state index is 8.88. The van der Waals surface area contributed by atoms with Gasteiger partial charge in [-0.1, -0.05) is 0 Å². The van der Waals surface area contributed by atoms with Crippen LogP contribution < -0.4 is 5.73 Å². The molecule has 1 aromatic rings. The van der Waals surface area contributed by atoms with Crippen molar-refractivity contribution < 1.29 is 0 Å². The normalized spacial score (nSPS) is 20.4. The van der Waals surface area contributed by atoms with Gasteiger partial charge in [-0.15, -0.1) is 11.8 Å². The van der Waals surface area contributed by atoms with E-state index in [0.29, 0.717) is 22.3 Å². The van der Waals surface area contributed by atoms with Crippen LogP contribution in [0, 0.1) is 18.3 Å². The predicted molar refractivity (Wildman–Crippen MR) is 68.4 cm³/mol. The number of aromatic nitrogens is 2. The molecule has 16 heavy (non-hydrogen) atoms. The molecule has 6 heteroatoms. The molecule has 0 aromatic carbocycles. The van der Waals surface area contributed by atoms with E-state index in [0.717, 1.165) is 17.3 Å². The molecule has 1 aromatic heterocycles. The van der Waals surface area contributed by atoms with Gasteiger partial charge in [-0.3, -0.25) is 0 Å². The monoisotopic (exact) mass is 252 g/mol. The van der Waals surface area contributed by atoms with Crippen molar-refractivity contribution in [1.29, 1.82) is 5.26 Å². The highest BCUT2D eigenvalue weighted by Gasteiger charge is 2.21. The van der Waals surface area contributed by atoms with E-state index in [4.69, 9.17) is 11.0 Å². The van der Waals surface area contributed by atoms with Crippen molar-refractivity contribution >= 4 is 29.3 Å². The Morgan fingerprint density at radius 1 is 1.44 bits per heavy atom. The van der Waals surface area contributed by atoms with Crippen LogP contribution in [0.25, 0.3) is 0 Å². The summed E-state index contributed by atoms with van der Waals surface area (Å²) in [4.78, 5) is 8.62. The molecule has 1 fully saturated rings. The number of aryl methyl sites for hydroxylation is 1. The van der Waals surface area contributed by atoms with Crippen molar-refractivity contribution in [2.24, 2.45) is 0 Å². The summed E-state index contributed by atoms with van der Waals surface area (Å²) in [6, 6.07) is 2.03. The smallest absolute Gasteiger partial charge is 0.145 e. The minimum Gasteiger partial charge on any atom is -0.382 e. The topological polar surface area (TPSA) is 75.6 Å². The van der Waals surface area contributed by atoms with E-state index < -0.39 is 0 Å². The number of anilines is 1. The van der Waals surface area contributed by atoms with E-state index in [1.54, 1.807) is 6.92 Å². The first-order valence-electron chi connectivity index (χ1n) is 4.96. The average molecular weight is 252 g/mol. The molecule has 0 saturated carbocycles. The van der Waals surface area contributed by atoms with E-state index in [-0.39, 0.29) is 0 Å². The van der Waals surface area contributed by atoms with Crippen LogP contribution >= 0.6 is 23.5 Å². The molecule has 2 heterocycles. The Bertz CT molecular complexity index is 412. The maximum Gasteiger partial charge on any atom is 0.145 e. The predicted octanol–water partition coefficient (Wildman–Crippen LogP) is 1.76. The number of nitrogen functional groups attached to an aromatic ring is 1. The van der Waals surface area contributed by atoms with Crippen LogP contribution in [0.4, 0.5) is 5.82 Å². The maximum atomic E-state index is 8.88. The zero-order chi connectivity index (χ0) is 11.5. The molecular weight excluding hydrogens is 240 g/mol. The number of nitriles is 1. The first kappa shape index (κ1) is 11.6. The van der Waals surface area contributed by atoms with Crippen molar-refractivity contribution in [3.05, 3.63) is 17.1 Å². The van der Waals surface area contributed by atoms with Crippen LogP contribution in [0.1, 0.15) is 22.3 Å². The molecule has 1 aliphatic heterocycles. The molecule has 2 N–H and O–H groups in total. The summed E-state index contributed by atoms with van der Waals surface area (Å²) in [5.41, 5.74) is 6.83. The molecule has 1 unspecified atom stereocenters. The van der Waals surface area contributed by atoms with Gasteiger partial charge >= 0.3 is 0 Å². The molecular formula is C10H12N4S2. The van der Waals surface area contributed by atoms with Gasteiger partial charge in [-0.25, -0.2) is 9.97 Å². The zero-order valence-electron chi connectivity index (χ0n) is 8.93. The van der Waals surface area contributed by atoms with E-state index >= 15 is 0 Å². The average Bonchev–Trinajstić information content (AvgIpc) is 2.30. The number of nitrogens with zero attached hydrogens (tertiary/aromatic N) is 3. The second kappa shape index (κ2) is 4.93. The van der Waals surface area contributed by atoms with Crippen LogP contribution in [-0.4, -0.2) is 27.2 Å². The highest BCUT2D eigenvalue weighted by Crippen LogP contribution is 2.35. The highest BCUT2D eigenvalue weighted by atomic mass is 32.2. The summed E-state index contributed by atoms with van der Waals surface area (Å²) in [6.45, 7) is 1.81.